The predicted octanol–water partition coefficient (Wildman–Crippen LogP) is 2.46. The van der Waals surface area contributed by atoms with E-state index in [1.807, 2.05) is 30.3 Å². The third-order valence-corrected chi connectivity index (χ3v) is 2.45. The summed E-state index contributed by atoms with van der Waals surface area (Å²) in [5, 5.41) is 10.7. The van der Waals surface area contributed by atoms with E-state index < -0.39 is 6.10 Å². The molecule has 0 bridgehead atoms. The van der Waals surface area contributed by atoms with E-state index in [4.69, 9.17) is 4.74 Å². The van der Waals surface area contributed by atoms with E-state index in [1.54, 1.807) is 0 Å². The van der Waals surface area contributed by atoms with Gasteiger partial charge in [-0.3, -0.25) is 0 Å². The van der Waals surface area contributed by atoms with Crippen molar-refractivity contribution in [3.05, 3.63) is 48.6 Å². The van der Waals surface area contributed by atoms with Crippen molar-refractivity contribution in [2.75, 3.05) is 7.11 Å². The van der Waals surface area contributed by atoms with Crippen LogP contribution in [0.3, 0.4) is 0 Å². The molecule has 2 rings (SSSR count). The molecule has 2 aromatic rings. The zero-order valence-electron chi connectivity index (χ0n) is 9.05. The molecule has 1 N–H and O–H groups in total. The molecule has 0 spiro atoms. The van der Waals surface area contributed by atoms with Crippen molar-refractivity contribution in [3.63, 3.8) is 0 Å². The summed E-state index contributed by atoms with van der Waals surface area (Å²) in [4.78, 5) is 4.33. The number of methoxy groups -OCH3 is 1. The lowest BCUT2D eigenvalue weighted by Gasteiger charge is -2.11. The smallest absolute Gasteiger partial charge is 0.219 e. The summed E-state index contributed by atoms with van der Waals surface area (Å²) in [7, 11) is 1.54. The molecule has 3 heteroatoms. The molecule has 0 aliphatic carbocycles. The Morgan fingerprint density at radius 2 is 2.19 bits per heavy atom. The molecule has 1 atom stereocenters. The number of hydrogen-bond acceptors (Lipinski definition) is 3. The van der Waals surface area contributed by atoms with Crippen LogP contribution in [-0.2, 0) is 0 Å². The van der Waals surface area contributed by atoms with Gasteiger partial charge in [0.25, 0.3) is 0 Å². The van der Waals surface area contributed by atoms with Crippen molar-refractivity contribution in [2.24, 2.45) is 0 Å². The number of nitrogens with zero attached hydrogens (tertiary/aromatic N) is 1. The second kappa shape index (κ2) is 4.33. The summed E-state index contributed by atoms with van der Waals surface area (Å²) in [5.41, 5.74) is 1.48. The van der Waals surface area contributed by atoms with Gasteiger partial charge in [-0.1, -0.05) is 24.3 Å². The highest BCUT2D eigenvalue weighted by Crippen LogP contribution is 2.27. The van der Waals surface area contributed by atoms with Crippen LogP contribution in [0.25, 0.3) is 10.9 Å². The number of ether oxygens (including phenoxy) is 1. The molecule has 3 nitrogen and oxygen atoms in total. The van der Waals surface area contributed by atoms with Crippen molar-refractivity contribution in [1.82, 2.24) is 4.98 Å². The van der Waals surface area contributed by atoms with Crippen molar-refractivity contribution in [3.8, 4) is 5.88 Å². The van der Waals surface area contributed by atoms with Crippen LogP contribution in [0.1, 0.15) is 11.7 Å². The van der Waals surface area contributed by atoms with E-state index in [-0.39, 0.29) is 0 Å². The Morgan fingerprint density at radius 1 is 1.44 bits per heavy atom. The van der Waals surface area contributed by atoms with Crippen LogP contribution >= 0.6 is 0 Å². The number of aliphatic hydroxyl groups excluding tert-OH is 1. The first-order chi connectivity index (χ1) is 7.76. The summed E-state index contributed by atoms with van der Waals surface area (Å²) in [6.07, 6.45) is 0.695. The van der Waals surface area contributed by atoms with E-state index in [9.17, 15) is 5.11 Å². The van der Waals surface area contributed by atoms with E-state index >= 15 is 0 Å². The number of aliphatic hydroxyl groups is 1. The minimum atomic E-state index is -0.757. The van der Waals surface area contributed by atoms with Gasteiger partial charge in [0, 0.05) is 10.9 Å². The summed E-state index contributed by atoms with van der Waals surface area (Å²) in [6, 6.07) is 9.56. The highest BCUT2D eigenvalue weighted by atomic mass is 16.5. The van der Waals surface area contributed by atoms with Crippen LogP contribution in [0.2, 0.25) is 0 Å². The van der Waals surface area contributed by atoms with Crippen molar-refractivity contribution < 1.29 is 9.84 Å². The first kappa shape index (κ1) is 10.6. The molecule has 82 valence electrons. The van der Waals surface area contributed by atoms with Gasteiger partial charge in [0.1, 0.15) is 6.10 Å². The Hall–Kier alpha value is -1.87. The second-order valence-electron chi connectivity index (χ2n) is 3.46. The molecule has 1 aromatic carbocycles. The molecule has 0 amide bonds. The summed E-state index contributed by atoms with van der Waals surface area (Å²) in [5.74, 6) is 0.436. The quantitative estimate of drug-likeness (QED) is 0.800. The van der Waals surface area contributed by atoms with Crippen molar-refractivity contribution >= 4 is 10.9 Å². The maximum Gasteiger partial charge on any atom is 0.219 e. The Morgan fingerprint density at radius 3 is 2.88 bits per heavy atom. The Balaban J connectivity index is 2.67. The minimum Gasteiger partial charge on any atom is -0.481 e. The average molecular weight is 215 g/mol. The number of pyridine rings is 1. The fraction of sp³-hybridized carbons (Fsp3) is 0.154. The number of para-hydroxylation sites is 1. The first-order valence-corrected chi connectivity index (χ1v) is 5.00. The molecular weight excluding hydrogens is 202 g/mol. The van der Waals surface area contributed by atoms with Gasteiger partial charge in [0.2, 0.25) is 5.88 Å². The number of fused-ring (bicyclic) bond motifs is 1. The summed E-state index contributed by atoms with van der Waals surface area (Å²) >= 11 is 0. The standard InChI is InChI=1S/C13H13NO2/c1-3-12(15)10-8-9-6-4-5-7-11(9)14-13(10)16-2/h3-8,12,15H,1H2,2H3. The Kier molecular flexibility index (Phi) is 2.88. The number of hydrogen-bond donors (Lipinski definition) is 1. The summed E-state index contributed by atoms with van der Waals surface area (Å²) in [6.45, 7) is 3.56. The largest absolute Gasteiger partial charge is 0.481 e. The second-order valence-corrected chi connectivity index (χ2v) is 3.46. The zero-order valence-corrected chi connectivity index (χ0v) is 9.05. The molecule has 1 aromatic heterocycles. The van der Waals surface area contributed by atoms with Crippen molar-refractivity contribution in [1.29, 1.82) is 0 Å². The van der Waals surface area contributed by atoms with Gasteiger partial charge in [-0.25, -0.2) is 4.98 Å². The molecule has 0 fully saturated rings. The Labute approximate surface area is 94.0 Å². The van der Waals surface area contributed by atoms with Crippen LogP contribution in [0.5, 0.6) is 5.88 Å². The lowest BCUT2D eigenvalue weighted by atomic mass is 10.1. The van der Waals surface area contributed by atoms with E-state index in [0.29, 0.717) is 11.4 Å². The predicted molar refractivity (Wildman–Crippen MR) is 63.5 cm³/mol. The third kappa shape index (κ3) is 1.77. The van der Waals surface area contributed by atoms with Gasteiger partial charge in [-0.15, -0.1) is 6.58 Å². The van der Waals surface area contributed by atoms with Gasteiger partial charge >= 0.3 is 0 Å². The monoisotopic (exact) mass is 215 g/mol. The number of aromatic nitrogens is 1. The van der Waals surface area contributed by atoms with Crippen LogP contribution in [0.4, 0.5) is 0 Å². The molecule has 1 unspecified atom stereocenters. The lowest BCUT2D eigenvalue weighted by Crippen LogP contribution is -2.00. The molecule has 0 saturated heterocycles. The van der Waals surface area contributed by atoms with Gasteiger partial charge in [-0.05, 0) is 12.1 Å². The van der Waals surface area contributed by atoms with E-state index in [1.165, 1.54) is 13.2 Å². The van der Waals surface area contributed by atoms with Crippen LogP contribution < -0.4 is 4.74 Å². The number of rotatable bonds is 3. The molecule has 0 saturated carbocycles. The number of benzene rings is 1. The SMILES string of the molecule is C=CC(O)c1cc2ccccc2nc1OC. The third-order valence-electron chi connectivity index (χ3n) is 2.45. The first-order valence-electron chi connectivity index (χ1n) is 5.00. The average Bonchev–Trinajstić information content (AvgIpc) is 2.36. The van der Waals surface area contributed by atoms with E-state index in [0.717, 1.165) is 10.9 Å². The van der Waals surface area contributed by atoms with Gasteiger partial charge < -0.3 is 9.84 Å². The summed E-state index contributed by atoms with van der Waals surface area (Å²) < 4.78 is 5.16. The molecule has 0 radical (unpaired) electrons. The minimum absolute atomic E-state index is 0.436. The molecule has 0 aliphatic heterocycles. The van der Waals surface area contributed by atoms with Crippen molar-refractivity contribution in [2.45, 2.75) is 6.10 Å². The highest BCUT2D eigenvalue weighted by Gasteiger charge is 2.12. The Bertz CT molecular complexity index is 522. The van der Waals surface area contributed by atoms with Crippen LogP contribution in [0.15, 0.2) is 43.0 Å². The van der Waals surface area contributed by atoms with E-state index in [2.05, 4.69) is 11.6 Å². The highest BCUT2D eigenvalue weighted by molar-refractivity contribution is 5.80. The van der Waals surface area contributed by atoms with Gasteiger partial charge in [0.15, 0.2) is 0 Å². The van der Waals surface area contributed by atoms with Gasteiger partial charge in [0.05, 0.1) is 12.6 Å². The molecular formula is C13H13NO2. The van der Waals surface area contributed by atoms with Crippen LogP contribution in [0, 0.1) is 0 Å². The topological polar surface area (TPSA) is 42.4 Å². The van der Waals surface area contributed by atoms with Gasteiger partial charge in [-0.2, -0.15) is 0 Å². The normalized spacial score (nSPS) is 12.4. The zero-order chi connectivity index (χ0) is 11.5. The maximum absolute atomic E-state index is 9.76. The lowest BCUT2D eigenvalue weighted by molar-refractivity contribution is 0.222. The molecule has 1 heterocycles. The van der Waals surface area contributed by atoms with Crippen LogP contribution in [-0.4, -0.2) is 17.2 Å². The maximum atomic E-state index is 9.76. The molecule has 0 aliphatic rings. The molecule has 16 heavy (non-hydrogen) atoms. The fourth-order valence-electron chi connectivity index (χ4n) is 1.62. The fourth-order valence-corrected chi connectivity index (χ4v) is 1.62.